The number of aryl methyl sites for hydroxylation is 2. The second-order valence-electron chi connectivity index (χ2n) is 6.83. The molecule has 0 aliphatic carbocycles. The summed E-state index contributed by atoms with van der Waals surface area (Å²) in [7, 11) is -2.24. The van der Waals surface area contributed by atoms with Crippen LogP contribution in [0.5, 0.6) is 5.75 Å². The van der Waals surface area contributed by atoms with Gasteiger partial charge in [0.2, 0.25) is 16.0 Å². The summed E-state index contributed by atoms with van der Waals surface area (Å²) in [6, 6.07) is 14.1. The van der Waals surface area contributed by atoms with Crippen LogP contribution in [0.25, 0.3) is 0 Å². The first-order valence-corrected chi connectivity index (χ1v) is 11.4. The number of nitrogens with one attached hydrogen (secondary N) is 3. The molecule has 0 bridgehead atoms. The first-order chi connectivity index (χ1) is 14.8. The van der Waals surface area contributed by atoms with Crippen LogP contribution in [-0.2, 0) is 10.0 Å². The van der Waals surface area contributed by atoms with Gasteiger partial charge in [-0.2, -0.15) is 4.98 Å². The number of aromatic nitrogens is 2. The van der Waals surface area contributed by atoms with Crippen molar-refractivity contribution < 1.29 is 13.2 Å². The maximum absolute atomic E-state index is 12.5. The highest BCUT2D eigenvalue weighted by Gasteiger charge is 2.15. The molecule has 3 aromatic rings. The first-order valence-electron chi connectivity index (χ1n) is 9.53. The topological polar surface area (TPSA) is 105 Å². The Bertz CT molecular complexity index is 1150. The predicted molar refractivity (Wildman–Crippen MR) is 123 cm³/mol. The van der Waals surface area contributed by atoms with E-state index >= 15 is 0 Å². The van der Waals surface area contributed by atoms with E-state index in [0.717, 1.165) is 11.4 Å². The molecule has 0 aliphatic heterocycles. The summed E-state index contributed by atoms with van der Waals surface area (Å²) >= 11 is 6.02. The second kappa shape index (κ2) is 9.95. The van der Waals surface area contributed by atoms with Crippen molar-refractivity contribution in [2.45, 2.75) is 18.7 Å². The van der Waals surface area contributed by atoms with E-state index in [1.54, 1.807) is 0 Å². The molecular formula is C21H24ClN5O3S. The number of hydrogen-bond donors (Lipinski definition) is 3. The van der Waals surface area contributed by atoms with Gasteiger partial charge in [-0.15, -0.1) is 0 Å². The average molecular weight is 462 g/mol. The van der Waals surface area contributed by atoms with E-state index in [2.05, 4.69) is 25.3 Å². The number of nitrogens with zero attached hydrogens (tertiary/aromatic N) is 2. The molecule has 31 heavy (non-hydrogen) atoms. The number of rotatable bonds is 9. The van der Waals surface area contributed by atoms with Crippen LogP contribution < -0.4 is 20.1 Å². The number of ether oxygens (including phenoxy) is 1. The van der Waals surface area contributed by atoms with Gasteiger partial charge in [0.05, 0.1) is 17.0 Å². The van der Waals surface area contributed by atoms with Gasteiger partial charge in [0.15, 0.2) is 0 Å². The van der Waals surface area contributed by atoms with E-state index in [1.807, 2.05) is 44.2 Å². The number of benzene rings is 2. The van der Waals surface area contributed by atoms with E-state index in [-0.39, 0.29) is 16.5 Å². The molecule has 0 fully saturated rings. The maximum Gasteiger partial charge on any atom is 0.240 e. The van der Waals surface area contributed by atoms with Gasteiger partial charge in [-0.05, 0) is 44.2 Å². The van der Waals surface area contributed by atoms with Gasteiger partial charge in [0.1, 0.15) is 11.6 Å². The molecule has 3 rings (SSSR count). The van der Waals surface area contributed by atoms with E-state index in [4.69, 9.17) is 16.3 Å². The lowest BCUT2D eigenvalue weighted by Crippen LogP contribution is -2.29. The van der Waals surface area contributed by atoms with Crippen molar-refractivity contribution in [3.05, 3.63) is 64.8 Å². The zero-order valence-corrected chi connectivity index (χ0v) is 19.0. The van der Waals surface area contributed by atoms with Crippen molar-refractivity contribution in [1.29, 1.82) is 0 Å². The Morgan fingerprint density at radius 2 is 1.74 bits per heavy atom. The molecule has 0 spiro atoms. The van der Waals surface area contributed by atoms with Crippen molar-refractivity contribution in [1.82, 2.24) is 14.7 Å². The quantitative estimate of drug-likeness (QED) is 0.415. The summed E-state index contributed by atoms with van der Waals surface area (Å²) in [5.74, 6) is 1.46. The van der Waals surface area contributed by atoms with Gasteiger partial charge in [-0.1, -0.05) is 29.3 Å². The summed E-state index contributed by atoms with van der Waals surface area (Å²) in [6.07, 6.45) is 0. The fraction of sp³-hybridized carbons (Fsp3) is 0.238. The standard InChI is InChI=1S/C21H24ClN5O3S/c1-14-4-6-16(7-5-14)26-20-12-15(2)25-21(27-20)23-10-11-24-31(28,29)17-8-9-19(30-3)18(22)13-17/h4-9,12-13,24H,10-11H2,1-3H3,(H2,23,25,26,27). The summed E-state index contributed by atoms with van der Waals surface area (Å²) in [5.41, 5.74) is 2.87. The number of hydrogen-bond acceptors (Lipinski definition) is 7. The van der Waals surface area contributed by atoms with Crippen molar-refractivity contribution in [2.24, 2.45) is 0 Å². The van der Waals surface area contributed by atoms with Crippen LogP contribution >= 0.6 is 11.6 Å². The highest BCUT2D eigenvalue weighted by atomic mass is 35.5. The Morgan fingerprint density at radius 3 is 2.42 bits per heavy atom. The van der Waals surface area contributed by atoms with Crippen molar-refractivity contribution >= 4 is 39.1 Å². The molecule has 3 N–H and O–H groups in total. The molecule has 8 nitrogen and oxygen atoms in total. The van der Waals surface area contributed by atoms with Crippen LogP contribution in [0.15, 0.2) is 53.4 Å². The minimum absolute atomic E-state index is 0.0645. The molecule has 0 unspecified atom stereocenters. The van der Waals surface area contributed by atoms with E-state index in [9.17, 15) is 8.42 Å². The monoisotopic (exact) mass is 461 g/mol. The Hall–Kier alpha value is -2.88. The third-order valence-corrected chi connectivity index (χ3v) is 6.07. The lowest BCUT2D eigenvalue weighted by Gasteiger charge is -2.11. The molecule has 164 valence electrons. The fourth-order valence-electron chi connectivity index (χ4n) is 2.75. The molecule has 0 saturated heterocycles. The lowest BCUT2D eigenvalue weighted by atomic mass is 10.2. The van der Waals surface area contributed by atoms with E-state index in [0.29, 0.717) is 24.1 Å². The molecule has 2 aromatic carbocycles. The molecule has 1 heterocycles. The fourth-order valence-corrected chi connectivity index (χ4v) is 4.13. The minimum Gasteiger partial charge on any atom is -0.495 e. The molecule has 0 atom stereocenters. The predicted octanol–water partition coefficient (Wildman–Crippen LogP) is 3.89. The second-order valence-corrected chi connectivity index (χ2v) is 9.00. The van der Waals surface area contributed by atoms with Crippen molar-refractivity contribution in [2.75, 3.05) is 30.8 Å². The number of halogens is 1. The highest BCUT2D eigenvalue weighted by molar-refractivity contribution is 7.89. The highest BCUT2D eigenvalue weighted by Crippen LogP contribution is 2.26. The molecule has 0 aliphatic rings. The summed E-state index contributed by atoms with van der Waals surface area (Å²) in [5, 5.41) is 6.50. The number of methoxy groups -OCH3 is 1. The summed E-state index contributed by atoms with van der Waals surface area (Å²) < 4.78 is 32.5. The van der Waals surface area contributed by atoms with Gasteiger partial charge >= 0.3 is 0 Å². The van der Waals surface area contributed by atoms with E-state index in [1.165, 1.54) is 30.9 Å². The molecular weight excluding hydrogens is 438 g/mol. The van der Waals surface area contributed by atoms with E-state index < -0.39 is 10.0 Å². The molecule has 0 radical (unpaired) electrons. The number of sulfonamides is 1. The van der Waals surface area contributed by atoms with Gasteiger partial charge in [-0.25, -0.2) is 18.1 Å². The third-order valence-electron chi connectivity index (χ3n) is 4.31. The summed E-state index contributed by atoms with van der Waals surface area (Å²) in [4.78, 5) is 8.84. The molecule has 0 saturated carbocycles. The van der Waals surface area contributed by atoms with Crippen molar-refractivity contribution in [3.63, 3.8) is 0 Å². The Morgan fingerprint density at radius 1 is 1.00 bits per heavy atom. The van der Waals surface area contributed by atoms with Crippen LogP contribution in [0, 0.1) is 13.8 Å². The lowest BCUT2D eigenvalue weighted by molar-refractivity contribution is 0.414. The normalized spacial score (nSPS) is 11.2. The van der Waals surface area contributed by atoms with Gasteiger partial charge < -0.3 is 15.4 Å². The summed E-state index contributed by atoms with van der Waals surface area (Å²) in [6.45, 7) is 4.34. The SMILES string of the molecule is COc1ccc(S(=O)(=O)NCCNc2nc(C)cc(Nc3ccc(C)cc3)n2)cc1Cl. The number of anilines is 3. The Labute approximate surface area is 187 Å². The third kappa shape index (κ3) is 6.30. The van der Waals surface area contributed by atoms with Crippen LogP contribution in [0.1, 0.15) is 11.3 Å². The van der Waals surface area contributed by atoms with Crippen LogP contribution in [0.2, 0.25) is 5.02 Å². The molecule has 10 heteroatoms. The Balaban J connectivity index is 1.58. The molecule has 1 aromatic heterocycles. The zero-order chi connectivity index (χ0) is 22.4. The van der Waals surface area contributed by atoms with Crippen LogP contribution in [-0.4, -0.2) is 38.6 Å². The van der Waals surface area contributed by atoms with Crippen molar-refractivity contribution in [3.8, 4) is 5.75 Å². The van der Waals surface area contributed by atoms with Crippen LogP contribution in [0.4, 0.5) is 17.5 Å². The Kier molecular flexibility index (Phi) is 7.32. The zero-order valence-electron chi connectivity index (χ0n) is 17.4. The largest absolute Gasteiger partial charge is 0.495 e. The maximum atomic E-state index is 12.5. The smallest absolute Gasteiger partial charge is 0.240 e. The van der Waals surface area contributed by atoms with Crippen LogP contribution in [0.3, 0.4) is 0 Å². The first kappa shape index (κ1) is 22.8. The molecule has 0 amide bonds. The van der Waals surface area contributed by atoms with Gasteiger partial charge in [0.25, 0.3) is 0 Å². The average Bonchev–Trinajstić information content (AvgIpc) is 2.72. The minimum atomic E-state index is -3.71. The van der Waals surface area contributed by atoms with Gasteiger partial charge in [-0.3, -0.25) is 0 Å². The van der Waals surface area contributed by atoms with Gasteiger partial charge in [0, 0.05) is 30.5 Å².